The summed E-state index contributed by atoms with van der Waals surface area (Å²) in [7, 11) is 0. The summed E-state index contributed by atoms with van der Waals surface area (Å²) in [6.07, 6.45) is 7.01. The SMILES string of the molecule is CCC(C)(CC)c1ccc2c(c1)C(=Cc1ccccc1)c1cc(C(C)(CC)CC)ccc1-2. The lowest BCUT2D eigenvalue weighted by molar-refractivity contribution is 0.439. The van der Waals surface area contributed by atoms with Gasteiger partial charge in [0.25, 0.3) is 0 Å². The Labute approximate surface area is 195 Å². The molecule has 0 bridgehead atoms. The van der Waals surface area contributed by atoms with Crippen molar-refractivity contribution < 1.29 is 0 Å². The molecular weight excluding hydrogens is 384 g/mol. The zero-order chi connectivity index (χ0) is 22.9. The lowest BCUT2D eigenvalue weighted by Crippen LogP contribution is -2.19. The highest BCUT2D eigenvalue weighted by Crippen LogP contribution is 2.48. The highest BCUT2D eigenvalue weighted by molar-refractivity contribution is 6.06. The highest BCUT2D eigenvalue weighted by atomic mass is 14.3. The first-order chi connectivity index (χ1) is 15.4. The molecule has 0 aliphatic heterocycles. The first kappa shape index (κ1) is 22.6. The van der Waals surface area contributed by atoms with Gasteiger partial charge in [0.05, 0.1) is 0 Å². The maximum Gasteiger partial charge on any atom is -0.00803 e. The van der Waals surface area contributed by atoms with Crippen molar-refractivity contribution in [3.63, 3.8) is 0 Å². The largest absolute Gasteiger partial charge is 0.0645 e. The van der Waals surface area contributed by atoms with Crippen LogP contribution in [-0.4, -0.2) is 0 Å². The molecular formula is C32H38. The maximum atomic E-state index is 2.48. The molecule has 0 N–H and O–H groups in total. The Morgan fingerprint density at radius 2 is 1.00 bits per heavy atom. The van der Waals surface area contributed by atoms with Crippen molar-refractivity contribution in [2.24, 2.45) is 0 Å². The molecule has 0 saturated carbocycles. The second-order valence-electron chi connectivity index (χ2n) is 10.0. The summed E-state index contributed by atoms with van der Waals surface area (Å²) in [4.78, 5) is 0. The van der Waals surface area contributed by atoms with Gasteiger partial charge in [0.1, 0.15) is 0 Å². The van der Waals surface area contributed by atoms with Crippen LogP contribution < -0.4 is 0 Å². The standard InChI is InChI=1S/C32H38/c1-7-31(5,8-2)24-16-18-26-27-19-17-25(32(6,9-3)10-4)22-30(27)28(29(26)21-24)20-23-14-12-11-13-15-23/h11-22H,7-10H2,1-6H3. The Morgan fingerprint density at radius 3 is 1.41 bits per heavy atom. The zero-order valence-corrected chi connectivity index (χ0v) is 20.8. The van der Waals surface area contributed by atoms with Gasteiger partial charge in [0.15, 0.2) is 0 Å². The van der Waals surface area contributed by atoms with Crippen molar-refractivity contribution in [1.29, 1.82) is 0 Å². The average Bonchev–Trinajstić information content (AvgIpc) is 3.15. The van der Waals surface area contributed by atoms with Crippen LogP contribution in [0.2, 0.25) is 0 Å². The third-order valence-corrected chi connectivity index (χ3v) is 8.54. The van der Waals surface area contributed by atoms with Crippen molar-refractivity contribution in [3.05, 3.63) is 94.5 Å². The van der Waals surface area contributed by atoms with Gasteiger partial charge in [-0.3, -0.25) is 0 Å². The van der Waals surface area contributed by atoms with E-state index in [9.17, 15) is 0 Å². The van der Waals surface area contributed by atoms with Crippen LogP contribution in [0.5, 0.6) is 0 Å². The number of hydrogen-bond donors (Lipinski definition) is 0. The monoisotopic (exact) mass is 422 g/mol. The predicted octanol–water partition coefficient (Wildman–Crippen LogP) is 9.41. The quantitative estimate of drug-likeness (QED) is 0.278. The minimum Gasteiger partial charge on any atom is -0.0645 e. The van der Waals surface area contributed by atoms with Gasteiger partial charge in [-0.05, 0) is 99.2 Å². The van der Waals surface area contributed by atoms with Crippen molar-refractivity contribution in [2.75, 3.05) is 0 Å². The molecule has 0 saturated heterocycles. The van der Waals surface area contributed by atoms with Crippen LogP contribution in [0.1, 0.15) is 95.0 Å². The molecule has 0 unspecified atom stereocenters. The van der Waals surface area contributed by atoms with Crippen molar-refractivity contribution >= 4 is 11.6 Å². The summed E-state index contributed by atoms with van der Waals surface area (Å²) in [5.74, 6) is 0. The number of benzene rings is 3. The minimum absolute atomic E-state index is 0.218. The molecule has 0 atom stereocenters. The zero-order valence-electron chi connectivity index (χ0n) is 20.8. The first-order valence-corrected chi connectivity index (χ1v) is 12.5. The van der Waals surface area contributed by atoms with Crippen LogP contribution in [-0.2, 0) is 10.8 Å². The molecule has 166 valence electrons. The summed E-state index contributed by atoms with van der Waals surface area (Å²) < 4.78 is 0. The van der Waals surface area contributed by atoms with E-state index in [0.717, 1.165) is 25.7 Å². The second kappa shape index (κ2) is 8.74. The van der Waals surface area contributed by atoms with E-state index in [1.165, 1.54) is 44.5 Å². The van der Waals surface area contributed by atoms with Crippen molar-refractivity contribution in [1.82, 2.24) is 0 Å². The summed E-state index contributed by atoms with van der Waals surface area (Å²) >= 11 is 0. The Morgan fingerprint density at radius 1 is 0.562 bits per heavy atom. The molecule has 3 aromatic rings. The second-order valence-corrected chi connectivity index (χ2v) is 10.0. The normalized spacial score (nSPS) is 13.1. The summed E-state index contributed by atoms with van der Waals surface area (Å²) in [5.41, 5.74) is 11.5. The van der Waals surface area contributed by atoms with Crippen LogP contribution in [0, 0.1) is 0 Å². The molecule has 0 heteroatoms. The van der Waals surface area contributed by atoms with Crippen LogP contribution in [0.4, 0.5) is 0 Å². The molecule has 32 heavy (non-hydrogen) atoms. The van der Waals surface area contributed by atoms with E-state index in [1.54, 1.807) is 0 Å². The van der Waals surface area contributed by atoms with Gasteiger partial charge in [0.2, 0.25) is 0 Å². The molecule has 0 heterocycles. The van der Waals surface area contributed by atoms with Crippen LogP contribution >= 0.6 is 0 Å². The molecule has 1 aliphatic rings. The van der Waals surface area contributed by atoms with E-state index >= 15 is 0 Å². The summed E-state index contributed by atoms with van der Waals surface area (Å²) in [5, 5.41) is 0. The molecule has 1 aliphatic carbocycles. The van der Waals surface area contributed by atoms with Gasteiger partial charge in [-0.1, -0.05) is 96.1 Å². The van der Waals surface area contributed by atoms with Gasteiger partial charge in [-0.25, -0.2) is 0 Å². The smallest absolute Gasteiger partial charge is 0.00803 e. The Bertz CT molecular complexity index is 1050. The Balaban J connectivity index is 1.95. The predicted molar refractivity (Wildman–Crippen MR) is 141 cm³/mol. The van der Waals surface area contributed by atoms with E-state index in [1.807, 2.05) is 0 Å². The molecule has 0 spiro atoms. The summed E-state index contributed by atoms with van der Waals surface area (Å²) in [6, 6.07) is 25.2. The van der Waals surface area contributed by atoms with Gasteiger partial charge in [0, 0.05) is 0 Å². The van der Waals surface area contributed by atoms with E-state index in [-0.39, 0.29) is 10.8 Å². The van der Waals surface area contributed by atoms with Crippen molar-refractivity contribution in [2.45, 2.75) is 78.1 Å². The lowest BCUT2D eigenvalue weighted by atomic mass is 9.77. The number of rotatable bonds is 7. The van der Waals surface area contributed by atoms with E-state index in [4.69, 9.17) is 0 Å². The molecule has 0 amide bonds. The van der Waals surface area contributed by atoms with Crippen LogP contribution in [0.3, 0.4) is 0 Å². The fourth-order valence-corrected chi connectivity index (χ4v) is 5.09. The molecule has 0 nitrogen and oxygen atoms in total. The van der Waals surface area contributed by atoms with Crippen LogP contribution in [0.25, 0.3) is 22.8 Å². The van der Waals surface area contributed by atoms with E-state index in [2.05, 4.69) is 114 Å². The third kappa shape index (κ3) is 3.75. The fourth-order valence-electron chi connectivity index (χ4n) is 5.09. The molecule has 0 radical (unpaired) electrons. The molecule has 0 fully saturated rings. The summed E-state index contributed by atoms with van der Waals surface area (Å²) in [6.45, 7) is 14.1. The maximum absolute atomic E-state index is 2.48. The topological polar surface area (TPSA) is 0 Å². The fraction of sp³-hybridized carbons (Fsp3) is 0.375. The van der Waals surface area contributed by atoms with Gasteiger partial charge >= 0.3 is 0 Å². The van der Waals surface area contributed by atoms with Gasteiger partial charge < -0.3 is 0 Å². The third-order valence-electron chi connectivity index (χ3n) is 8.54. The average molecular weight is 423 g/mol. The highest BCUT2D eigenvalue weighted by Gasteiger charge is 2.30. The lowest BCUT2D eigenvalue weighted by Gasteiger charge is -2.28. The van der Waals surface area contributed by atoms with Gasteiger partial charge in [-0.2, -0.15) is 0 Å². The molecule has 4 rings (SSSR count). The Kier molecular flexibility index (Phi) is 6.17. The molecule has 0 aromatic heterocycles. The first-order valence-electron chi connectivity index (χ1n) is 12.5. The number of hydrogen-bond acceptors (Lipinski definition) is 0. The van der Waals surface area contributed by atoms with Crippen molar-refractivity contribution in [3.8, 4) is 11.1 Å². The minimum atomic E-state index is 0.218. The van der Waals surface area contributed by atoms with E-state index in [0.29, 0.717) is 0 Å². The Hall–Kier alpha value is -2.60. The van der Waals surface area contributed by atoms with Crippen LogP contribution in [0.15, 0.2) is 66.7 Å². The van der Waals surface area contributed by atoms with Gasteiger partial charge in [-0.15, -0.1) is 0 Å². The number of fused-ring (bicyclic) bond motifs is 3. The van der Waals surface area contributed by atoms with E-state index < -0.39 is 0 Å². The molecule has 3 aromatic carbocycles.